The predicted molar refractivity (Wildman–Crippen MR) is 71.6 cm³/mol. The monoisotopic (exact) mass is 238 g/mol. The zero-order valence-corrected chi connectivity index (χ0v) is 10.3. The van der Waals surface area contributed by atoms with E-state index >= 15 is 0 Å². The summed E-state index contributed by atoms with van der Waals surface area (Å²) < 4.78 is 1.84. The molecule has 0 bridgehead atoms. The summed E-state index contributed by atoms with van der Waals surface area (Å²) in [7, 11) is 0. The first-order valence-corrected chi connectivity index (χ1v) is 6.27. The molecule has 0 N–H and O–H groups in total. The Kier molecular flexibility index (Phi) is 2.45. The van der Waals surface area contributed by atoms with E-state index in [0.29, 0.717) is 22.5 Å². The molecule has 18 heavy (non-hydrogen) atoms. The van der Waals surface area contributed by atoms with Crippen molar-refractivity contribution in [1.29, 1.82) is 0 Å². The highest BCUT2D eigenvalue weighted by molar-refractivity contribution is 5.84. The number of benzene rings is 1. The third kappa shape index (κ3) is 1.53. The molecule has 0 aliphatic heterocycles. The minimum atomic E-state index is 0.0212. The zero-order valence-electron chi connectivity index (χ0n) is 10.3. The molecule has 0 radical (unpaired) electrons. The summed E-state index contributed by atoms with van der Waals surface area (Å²) in [5.41, 5.74) is 1.37. The van der Waals surface area contributed by atoms with Gasteiger partial charge in [-0.15, -0.1) is 6.42 Å². The Morgan fingerprint density at radius 2 is 2.28 bits per heavy atom. The number of aromatic nitrogens is 2. The molecule has 0 atom stereocenters. The van der Waals surface area contributed by atoms with E-state index in [1.807, 2.05) is 23.6 Å². The van der Waals surface area contributed by atoms with Gasteiger partial charge in [-0.3, -0.25) is 9.36 Å². The second-order valence-corrected chi connectivity index (χ2v) is 4.63. The molecule has 90 valence electrons. The molecule has 0 amide bonds. The molecule has 1 saturated carbocycles. The maximum absolute atomic E-state index is 12.6. The van der Waals surface area contributed by atoms with Crippen LogP contribution in [0, 0.1) is 12.3 Å². The fourth-order valence-electron chi connectivity index (χ4n) is 2.37. The normalized spacial score (nSPS) is 14.7. The van der Waals surface area contributed by atoms with Gasteiger partial charge >= 0.3 is 0 Å². The first-order chi connectivity index (χ1) is 8.76. The first-order valence-electron chi connectivity index (χ1n) is 6.27. The first kappa shape index (κ1) is 11.0. The Hall–Kier alpha value is -2.08. The fraction of sp³-hybridized carbons (Fsp3) is 0.333. The molecule has 3 rings (SSSR count). The van der Waals surface area contributed by atoms with Crippen molar-refractivity contribution in [3.63, 3.8) is 0 Å². The molecule has 1 aliphatic rings. The average molecular weight is 238 g/mol. The Bertz CT molecular complexity index is 718. The van der Waals surface area contributed by atoms with Gasteiger partial charge in [0.15, 0.2) is 0 Å². The lowest BCUT2D eigenvalue weighted by Gasteiger charge is -2.11. The highest BCUT2D eigenvalue weighted by Crippen LogP contribution is 2.34. The van der Waals surface area contributed by atoms with Gasteiger partial charge in [-0.25, -0.2) is 4.98 Å². The lowest BCUT2D eigenvalue weighted by Crippen LogP contribution is -2.25. The second-order valence-electron chi connectivity index (χ2n) is 4.63. The van der Waals surface area contributed by atoms with Crippen LogP contribution in [0.5, 0.6) is 0 Å². The van der Waals surface area contributed by atoms with Gasteiger partial charge in [0.2, 0.25) is 0 Å². The van der Waals surface area contributed by atoms with Crippen molar-refractivity contribution < 1.29 is 0 Å². The molecule has 3 heteroatoms. The summed E-state index contributed by atoms with van der Waals surface area (Å²) in [4.78, 5) is 17.2. The van der Waals surface area contributed by atoms with Gasteiger partial charge in [-0.2, -0.15) is 0 Å². The minimum Gasteiger partial charge on any atom is -0.293 e. The molecule has 0 spiro atoms. The van der Waals surface area contributed by atoms with Crippen molar-refractivity contribution in [2.75, 3.05) is 0 Å². The zero-order chi connectivity index (χ0) is 12.7. The Balaban J connectivity index is 2.44. The van der Waals surface area contributed by atoms with Gasteiger partial charge in [-0.05, 0) is 25.0 Å². The van der Waals surface area contributed by atoms with Gasteiger partial charge in [0.05, 0.1) is 10.9 Å². The molecule has 1 aliphatic carbocycles. The van der Waals surface area contributed by atoms with Crippen LogP contribution in [0.4, 0.5) is 0 Å². The van der Waals surface area contributed by atoms with Crippen LogP contribution in [0.2, 0.25) is 0 Å². The lowest BCUT2D eigenvalue weighted by atomic mass is 10.1. The molecule has 2 aromatic rings. The number of terminal acetylenes is 1. The van der Waals surface area contributed by atoms with Crippen LogP contribution in [0.3, 0.4) is 0 Å². The molecule has 1 heterocycles. The SMILES string of the molecule is C#Cc1cccc2nc(CC)n(C3CC3)c(=O)c12. The average Bonchev–Trinajstić information content (AvgIpc) is 3.21. The van der Waals surface area contributed by atoms with Gasteiger partial charge in [0.25, 0.3) is 5.56 Å². The van der Waals surface area contributed by atoms with Crippen LogP contribution >= 0.6 is 0 Å². The number of hydrogen-bond donors (Lipinski definition) is 0. The van der Waals surface area contributed by atoms with Crippen molar-refractivity contribution in [3.8, 4) is 12.3 Å². The minimum absolute atomic E-state index is 0.0212. The van der Waals surface area contributed by atoms with Crippen LogP contribution in [-0.4, -0.2) is 9.55 Å². The largest absolute Gasteiger partial charge is 0.293 e. The van der Waals surface area contributed by atoms with E-state index in [0.717, 1.165) is 25.1 Å². The van der Waals surface area contributed by atoms with E-state index in [1.54, 1.807) is 6.07 Å². The number of hydrogen-bond acceptors (Lipinski definition) is 2. The molecule has 0 saturated heterocycles. The number of nitrogens with zero attached hydrogens (tertiary/aromatic N) is 2. The maximum atomic E-state index is 12.6. The maximum Gasteiger partial charge on any atom is 0.262 e. The Morgan fingerprint density at radius 1 is 1.50 bits per heavy atom. The Morgan fingerprint density at radius 3 is 2.89 bits per heavy atom. The smallest absolute Gasteiger partial charge is 0.262 e. The molecule has 1 aromatic carbocycles. The number of aryl methyl sites for hydroxylation is 1. The summed E-state index contributed by atoms with van der Waals surface area (Å²) in [6.45, 7) is 2.03. The summed E-state index contributed by atoms with van der Waals surface area (Å²) in [6.07, 6.45) is 8.37. The van der Waals surface area contributed by atoms with E-state index in [2.05, 4.69) is 10.9 Å². The van der Waals surface area contributed by atoms with Crippen LogP contribution in [0.25, 0.3) is 10.9 Å². The second kappa shape index (κ2) is 3.99. The summed E-state index contributed by atoms with van der Waals surface area (Å²) >= 11 is 0. The van der Waals surface area contributed by atoms with E-state index in [1.165, 1.54) is 0 Å². The molecule has 0 unspecified atom stereocenters. The van der Waals surface area contributed by atoms with Crippen LogP contribution in [0.15, 0.2) is 23.0 Å². The summed E-state index contributed by atoms with van der Waals surface area (Å²) in [5.74, 6) is 3.45. The van der Waals surface area contributed by atoms with E-state index in [4.69, 9.17) is 6.42 Å². The lowest BCUT2D eigenvalue weighted by molar-refractivity contribution is 0.646. The van der Waals surface area contributed by atoms with Crippen LogP contribution in [0.1, 0.15) is 37.2 Å². The molecular weight excluding hydrogens is 224 g/mol. The van der Waals surface area contributed by atoms with E-state index in [9.17, 15) is 4.79 Å². The van der Waals surface area contributed by atoms with Crippen molar-refractivity contribution in [1.82, 2.24) is 9.55 Å². The predicted octanol–water partition coefficient (Wildman–Crippen LogP) is 2.28. The van der Waals surface area contributed by atoms with E-state index in [-0.39, 0.29) is 5.56 Å². The molecule has 1 aromatic heterocycles. The van der Waals surface area contributed by atoms with Crippen molar-refractivity contribution >= 4 is 10.9 Å². The summed E-state index contributed by atoms with van der Waals surface area (Å²) in [6, 6.07) is 5.84. The van der Waals surface area contributed by atoms with Crippen LogP contribution in [-0.2, 0) is 6.42 Å². The van der Waals surface area contributed by atoms with Crippen molar-refractivity contribution in [3.05, 3.63) is 39.9 Å². The van der Waals surface area contributed by atoms with E-state index < -0.39 is 0 Å². The van der Waals surface area contributed by atoms with Gasteiger partial charge in [-0.1, -0.05) is 18.9 Å². The van der Waals surface area contributed by atoms with Gasteiger partial charge < -0.3 is 0 Å². The van der Waals surface area contributed by atoms with Crippen molar-refractivity contribution in [2.24, 2.45) is 0 Å². The topological polar surface area (TPSA) is 34.9 Å². The van der Waals surface area contributed by atoms with Crippen LogP contribution < -0.4 is 5.56 Å². The highest BCUT2D eigenvalue weighted by atomic mass is 16.1. The molecule has 1 fully saturated rings. The quantitative estimate of drug-likeness (QED) is 0.752. The molecular formula is C15H14N2O. The van der Waals surface area contributed by atoms with Crippen molar-refractivity contribution in [2.45, 2.75) is 32.2 Å². The third-order valence-electron chi connectivity index (χ3n) is 3.39. The fourth-order valence-corrected chi connectivity index (χ4v) is 2.37. The van der Waals surface area contributed by atoms with Gasteiger partial charge in [0.1, 0.15) is 5.82 Å². The highest BCUT2D eigenvalue weighted by Gasteiger charge is 2.28. The van der Waals surface area contributed by atoms with Gasteiger partial charge in [0, 0.05) is 18.0 Å². The third-order valence-corrected chi connectivity index (χ3v) is 3.39. The Labute approximate surface area is 105 Å². The number of fused-ring (bicyclic) bond motifs is 1. The summed E-state index contributed by atoms with van der Waals surface area (Å²) in [5, 5.41) is 0.587. The molecule has 3 nitrogen and oxygen atoms in total. The number of rotatable bonds is 2. The standard InChI is InChI=1S/C15H14N2O/c1-3-10-6-5-7-12-14(10)15(18)17(11-8-9-11)13(4-2)16-12/h1,5-7,11H,4,8-9H2,2H3.